The predicted molar refractivity (Wildman–Crippen MR) is 139 cm³/mol. The Morgan fingerprint density at radius 3 is 2.83 bits per heavy atom. The van der Waals surface area contributed by atoms with Crippen LogP contribution in [0.15, 0.2) is 64.9 Å². The van der Waals surface area contributed by atoms with Crippen LogP contribution in [0.4, 0.5) is 16.2 Å². The van der Waals surface area contributed by atoms with Crippen LogP contribution in [-0.2, 0) is 6.42 Å². The number of anilines is 2. The molecule has 6 rings (SSSR count). The van der Waals surface area contributed by atoms with E-state index in [4.69, 9.17) is 4.99 Å². The highest BCUT2D eigenvalue weighted by Crippen LogP contribution is 2.31. The van der Waals surface area contributed by atoms with Gasteiger partial charge < -0.3 is 15.1 Å². The topological polar surface area (TPSA) is 92.2 Å². The Labute approximate surface area is 203 Å². The second kappa shape index (κ2) is 8.99. The van der Waals surface area contributed by atoms with Crippen molar-refractivity contribution in [2.75, 3.05) is 50.0 Å². The average Bonchev–Trinajstić information content (AvgIpc) is 3.45. The fourth-order valence-electron chi connectivity index (χ4n) is 4.78. The Kier molecular flexibility index (Phi) is 5.54. The smallest absolute Gasteiger partial charge is 0.324 e. The number of carbonyl (C=O) groups is 1. The zero-order valence-electron chi connectivity index (χ0n) is 19.7. The summed E-state index contributed by atoms with van der Waals surface area (Å²) in [5.74, 6) is 1.44. The summed E-state index contributed by atoms with van der Waals surface area (Å²) in [6.45, 7) is 4.06. The van der Waals surface area contributed by atoms with Crippen molar-refractivity contribution in [3.8, 4) is 0 Å². The number of H-pyrrole nitrogens is 1. The van der Waals surface area contributed by atoms with E-state index < -0.39 is 0 Å². The van der Waals surface area contributed by atoms with E-state index in [0.29, 0.717) is 18.8 Å². The fraction of sp³-hybridized carbons (Fsp3) is 0.308. The van der Waals surface area contributed by atoms with Crippen LogP contribution in [0, 0.1) is 0 Å². The SMILES string of the molecule is CN1CCN(C(=O)N2CCc3ccc(C4=NC=CCC(Nc5ccc6[nH]ncc6c5)=N4)cc32)CC1. The molecule has 1 saturated heterocycles. The second-order valence-corrected chi connectivity index (χ2v) is 9.22. The number of carbonyl (C=O) groups excluding carboxylic acids is 1. The Morgan fingerprint density at radius 2 is 1.94 bits per heavy atom. The normalized spacial score (nSPS) is 18.3. The van der Waals surface area contributed by atoms with Crippen LogP contribution in [0.2, 0.25) is 0 Å². The number of urea groups is 1. The van der Waals surface area contributed by atoms with Crippen molar-refractivity contribution in [3.63, 3.8) is 0 Å². The molecule has 4 heterocycles. The van der Waals surface area contributed by atoms with E-state index in [2.05, 4.69) is 50.7 Å². The van der Waals surface area contributed by atoms with E-state index in [-0.39, 0.29) is 6.03 Å². The van der Waals surface area contributed by atoms with E-state index in [1.807, 2.05) is 40.3 Å². The van der Waals surface area contributed by atoms with Crippen molar-refractivity contribution in [2.45, 2.75) is 12.8 Å². The van der Waals surface area contributed by atoms with E-state index in [1.54, 1.807) is 6.20 Å². The Hall–Kier alpha value is -3.98. The van der Waals surface area contributed by atoms with Gasteiger partial charge in [0.25, 0.3) is 0 Å². The molecule has 9 nitrogen and oxygen atoms in total. The van der Waals surface area contributed by atoms with Gasteiger partial charge in [0.05, 0.1) is 11.7 Å². The van der Waals surface area contributed by atoms with Gasteiger partial charge in [0.1, 0.15) is 5.84 Å². The zero-order valence-corrected chi connectivity index (χ0v) is 19.7. The first-order valence-corrected chi connectivity index (χ1v) is 12.0. The minimum absolute atomic E-state index is 0.0946. The van der Waals surface area contributed by atoms with Crippen LogP contribution in [-0.4, -0.2) is 77.5 Å². The highest BCUT2D eigenvalue weighted by molar-refractivity contribution is 6.12. The fourth-order valence-corrected chi connectivity index (χ4v) is 4.78. The number of nitrogens with one attached hydrogen (secondary N) is 2. The number of piperazine rings is 1. The summed E-state index contributed by atoms with van der Waals surface area (Å²) >= 11 is 0. The Bertz CT molecular complexity index is 1360. The Morgan fingerprint density at radius 1 is 1.06 bits per heavy atom. The first-order valence-electron chi connectivity index (χ1n) is 12.0. The van der Waals surface area contributed by atoms with Gasteiger partial charge in [-0.3, -0.25) is 10.00 Å². The lowest BCUT2D eigenvalue weighted by Crippen LogP contribution is -2.51. The van der Waals surface area contributed by atoms with Gasteiger partial charge in [0.2, 0.25) is 0 Å². The summed E-state index contributed by atoms with van der Waals surface area (Å²) in [6, 6.07) is 12.4. The molecule has 0 atom stereocenters. The van der Waals surface area contributed by atoms with E-state index in [0.717, 1.165) is 66.3 Å². The maximum absolute atomic E-state index is 13.3. The summed E-state index contributed by atoms with van der Waals surface area (Å²) in [5, 5.41) is 11.5. The van der Waals surface area contributed by atoms with E-state index in [1.165, 1.54) is 5.56 Å². The zero-order chi connectivity index (χ0) is 23.8. The van der Waals surface area contributed by atoms with E-state index >= 15 is 0 Å². The number of hydrogen-bond acceptors (Lipinski definition) is 6. The number of amidine groups is 2. The molecule has 0 spiro atoms. The average molecular weight is 469 g/mol. The van der Waals surface area contributed by atoms with Gasteiger partial charge in [-0.15, -0.1) is 0 Å². The molecule has 0 aliphatic carbocycles. The van der Waals surface area contributed by atoms with Crippen LogP contribution in [0.5, 0.6) is 0 Å². The lowest BCUT2D eigenvalue weighted by molar-refractivity contribution is 0.159. The summed E-state index contributed by atoms with van der Waals surface area (Å²) in [4.78, 5) is 28.9. The molecule has 3 aliphatic rings. The van der Waals surface area contributed by atoms with Crippen molar-refractivity contribution in [3.05, 3.63) is 66.0 Å². The van der Waals surface area contributed by atoms with Gasteiger partial charge in [0, 0.05) is 67.7 Å². The molecule has 3 aliphatic heterocycles. The molecule has 2 N–H and O–H groups in total. The van der Waals surface area contributed by atoms with Gasteiger partial charge in [-0.25, -0.2) is 14.8 Å². The van der Waals surface area contributed by atoms with Crippen LogP contribution in [0.1, 0.15) is 17.5 Å². The molecule has 178 valence electrons. The highest BCUT2D eigenvalue weighted by atomic mass is 16.2. The molecular weight excluding hydrogens is 440 g/mol. The van der Waals surface area contributed by atoms with Gasteiger partial charge in [-0.05, 0) is 43.3 Å². The standard InChI is InChI=1S/C26H28N8O/c1-32-11-13-33(14-12-32)26(35)34-10-8-18-4-5-19(16-23(18)34)25-27-9-2-3-24(30-25)29-21-6-7-22-20(15-21)17-28-31-22/h2,4-7,9,15-17H,3,8,10-14H2,1H3,(H,28,31)(H,27,29,30). The van der Waals surface area contributed by atoms with Gasteiger partial charge in [0.15, 0.2) is 5.84 Å². The predicted octanol–water partition coefficient (Wildman–Crippen LogP) is 3.47. The summed E-state index contributed by atoms with van der Waals surface area (Å²) in [5.41, 5.74) is 5.01. The molecule has 35 heavy (non-hydrogen) atoms. The summed E-state index contributed by atoms with van der Waals surface area (Å²) in [6.07, 6.45) is 7.12. The van der Waals surface area contributed by atoms with Crippen molar-refractivity contribution >= 4 is 40.0 Å². The number of aromatic amines is 1. The van der Waals surface area contributed by atoms with Crippen LogP contribution >= 0.6 is 0 Å². The molecule has 3 aromatic rings. The Balaban J connectivity index is 1.25. The second-order valence-electron chi connectivity index (χ2n) is 9.22. The minimum atomic E-state index is 0.0946. The largest absolute Gasteiger partial charge is 0.343 e. The molecule has 1 fully saturated rings. The molecule has 0 saturated carbocycles. The highest BCUT2D eigenvalue weighted by Gasteiger charge is 2.30. The molecule has 0 radical (unpaired) electrons. The molecular formula is C26H28N8O. The third kappa shape index (κ3) is 4.30. The first kappa shape index (κ1) is 21.5. The van der Waals surface area contributed by atoms with Crippen LogP contribution < -0.4 is 10.2 Å². The maximum Gasteiger partial charge on any atom is 0.324 e. The van der Waals surface area contributed by atoms with Crippen molar-refractivity contribution in [2.24, 2.45) is 9.98 Å². The lowest BCUT2D eigenvalue weighted by atomic mass is 10.1. The third-order valence-corrected chi connectivity index (χ3v) is 6.83. The molecule has 0 unspecified atom stereocenters. The van der Waals surface area contributed by atoms with Crippen molar-refractivity contribution < 1.29 is 4.79 Å². The quantitative estimate of drug-likeness (QED) is 0.603. The monoisotopic (exact) mass is 468 g/mol. The van der Waals surface area contributed by atoms with Crippen molar-refractivity contribution in [1.29, 1.82) is 0 Å². The lowest BCUT2D eigenvalue weighted by Gasteiger charge is -2.35. The van der Waals surface area contributed by atoms with Gasteiger partial charge >= 0.3 is 6.03 Å². The van der Waals surface area contributed by atoms with Crippen LogP contribution in [0.25, 0.3) is 10.9 Å². The summed E-state index contributed by atoms with van der Waals surface area (Å²) < 4.78 is 0. The molecule has 0 bridgehead atoms. The number of fused-ring (bicyclic) bond motifs is 2. The minimum Gasteiger partial charge on any atom is -0.343 e. The number of aliphatic imine (C=N–C) groups is 2. The van der Waals surface area contributed by atoms with Gasteiger partial charge in [-0.1, -0.05) is 18.2 Å². The summed E-state index contributed by atoms with van der Waals surface area (Å²) in [7, 11) is 2.10. The number of rotatable bonds is 2. The molecule has 1 aromatic heterocycles. The number of nitrogens with zero attached hydrogens (tertiary/aromatic N) is 6. The van der Waals surface area contributed by atoms with E-state index in [9.17, 15) is 4.79 Å². The number of amides is 2. The number of likely N-dealkylation sites (N-methyl/N-ethyl adjacent to an activating group) is 1. The van der Waals surface area contributed by atoms with Gasteiger partial charge in [-0.2, -0.15) is 5.10 Å². The van der Waals surface area contributed by atoms with Crippen LogP contribution in [0.3, 0.4) is 0 Å². The molecule has 2 aromatic carbocycles. The molecule has 2 amide bonds. The number of hydrogen-bond donors (Lipinski definition) is 2. The molecule has 9 heteroatoms. The number of benzene rings is 2. The first-order chi connectivity index (χ1) is 17.1. The maximum atomic E-state index is 13.3. The van der Waals surface area contributed by atoms with Crippen molar-refractivity contribution in [1.82, 2.24) is 20.0 Å². The number of aromatic nitrogens is 2. The third-order valence-electron chi connectivity index (χ3n) is 6.83.